The van der Waals surface area contributed by atoms with Gasteiger partial charge in [0.05, 0.1) is 24.1 Å². The molecule has 1 fully saturated rings. The van der Waals surface area contributed by atoms with E-state index in [1.54, 1.807) is 6.07 Å². The maximum atomic E-state index is 12.9. The summed E-state index contributed by atoms with van der Waals surface area (Å²) >= 11 is 0. The first kappa shape index (κ1) is 20.7. The van der Waals surface area contributed by atoms with E-state index in [0.29, 0.717) is 12.1 Å². The molecule has 1 aromatic carbocycles. The molecule has 2 heterocycles. The first-order chi connectivity index (χ1) is 13.7. The number of amides is 1. The van der Waals surface area contributed by atoms with Gasteiger partial charge in [-0.1, -0.05) is 19.6 Å². The molecular formula is C20H23N3O5Si. The van der Waals surface area contributed by atoms with E-state index in [2.05, 4.69) is 24.6 Å². The topological polar surface area (TPSA) is 103 Å². The zero-order chi connectivity index (χ0) is 21.2. The van der Waals surface area contributed by atoms with Crippen molar-refractivity contribution in [1.29, 1.82) is 0 Å². The van der Waals surface area contributed by atoms with Crippen molar-refractivity contribution >= 4 is 25.6 Å². The van der Waals surface area contributed by atoms with Crippen molar-refractivity contribution in [1.82, 2.24) is 9.88 Å². The summed E-state index contributed by atoms with van der Waals surface area (Å²) in [6.45, 7) is 7.04. The molecule has 0 bridgehead atoms. The van der Waals surface area contributed by atoms with E-state index >= 15 is 0 Å². The molecular weight excluding hydrogens is 390 g/mol. The average Bonchev–Trinajstić information content (AvgIpc) is 2.64. The molecule has 2 aromatic rings. The van der Waals surface area contributed by atoms with Gasteiger partial charge >= 0.3 is 5.97 Å². The fourth-order valence-corrected chi connectivity index (χ4v) is 5.58. The second-order valence-electron chi connectivity index (χ2n) is 8.08. The van der Waals surface area contributed by atoms with Crippen LogP contribution in [0.2, 0.25) is 19.6 Å². The third-order valence-electron chi connectivity index (χ3n) is 5.08. The Kier molecular flexibility index (Phi) is 5.78. The van der Waals surface area contributed by atoms with Crippen molar-refractivity contribution in [2.75, 3.05) is 6.54 Å². The molecule has 1 aliphatic rings. The van der Waals surface area contributed by atoms with Crippen LogP contribution in [0.4, 0.5) is 5.69 Å². The van der Waals surface area contributed by atoms with Crippen molar-refractivity contribution in [3.63, 3.8) is 0 Å². The van der Waals surface area contributed by atoms with Gasteiger partial charge in [-0.2, -0.15) is 0 Å². The van der Waals surface area contributed by atoms with E-state index in [9.17, 15) is 19.7 Å². The Bertz CT molecular complexity index is 943. The summed E-state index contributed by atoms with van der Waals surface area (Å²) in [4.78, 5) is 41.5. The number of carbonyl (C=O) groups is 2. The summed E-state index contributed by atoms with van der Waals surface area (Å²) in [6, 6.07) is 7.32. The molecule has 9 heteroatoms. The summed E-state index contributed by atoms with van der Waals surface area (Å²) in [6.07, 6.45) is 3.90. The number of benzene rings is 1. The lowest BCUT2D eigenvalue weighted by molar-refractivity contribution is -0.385. The molecule has 0 radical (unpaired) electrons. The highest BCUT2D eigenvalue weighted by Crippen LogP contribution is 2.30. The van der Waals surface area contributed by atoms with Crippen LogP contribution in [-0.4, -0.2) is 47.0 Å². The first-order valence-corrected chi connectivity index (χ1v) is 12.9. The van der Waals surface area contributed by atoms with Gasteiger partial charge in [0.1, 0.15) is 6.61 Å². The lowest BCUT2D eigenvalue weighted by atomic mass is 10.1. The minimum Gasteiger partial charge on any atom is -0.457 e. The molecule has 1 saturated heterocycles. The number of nitro benzene ring substituents is 1. The van der Waals surface area contributed by atoms with E-state index in [1.807, 2.05) is 4.90 Å². The minimum absolute atomic E-state index is 0.188. The standard InChI is InChI=1S/C20H23N3O5Si/c1-29(2,3)18-8-11-22(18)19(24)15-4-5-16(17(12-15)23(26)27)13-28-20(25)14-6-9-21-10-7-14/h4-7,9-10,12,18H,8,11,13H2,1-3H3. The van der Waals surface area contributed by atoms with E-state index in [1.165, 1.54) is 36.7 Å². The lowest BCUT2D eigenvalue weighted by Gasteiger charge is -2.47. The summed E-state index contributed by atoms with van der Waals surface area (Å²) in [5, 5.41) is 11.5. The Morgan fingerprint density at radius 3 is 2.45 bits per heavy atom. The largest absolute Gasteiger partial charge is 0.457 e. The van der Waals surface area contributed by atoms with E-state index in [4.69, 9.17) is 4.74 Å². The first-order valence-electron chi connectivity index (χ1n) is 9.34. The number of pyridine rings is 1. The summed E-state index contributed by atoms with van der Waals surface area (Å²) in [5.74, 6) is -0.785. The molecule has 0 saturated carbocycles. The summed E-state index contributed by atoms with van der Waals surface area (Å²) in [7, 11) is -1.53. The second kappa shape index (κ2) is 8.12. The fourth-order valence-electron chi connectivity index (χ4n) is 3.40. The number of ether oxygens (including phenoxy) is 1. The van der Waals surface area contributed by atoms with Crippen LogP contribution in [0.25, 0.3) is 0 Å². The molecule has 29 heavy (non-hydrogen) atoms. The van der Waals surface area contributed by atoms with Crippen LogP contribution in [-0.2, 0) is 11.3 Å². The zero-order valence-electron chi connectivity index (χ0n) is 16.6. The number of nitro groups is 1. The van der Waals surface area contributed by atoms with Crippen LogP contribution in [0.5, 0.6) is 0 Å². The zero-order valence-corrected chi connectivity index (χ0v) is 17.6. The van der Waals surface area contributed by atoms with Gasteiger partial charge in [0.15, 0.2) is 0 Å². The summed E-state index contributed by atoms with van der Waals surface area (Å²) < 4.78 is 5.19. The molecule has 152 valence electrons. The molecule has 0 N–H and O–H groups in total. The maximum Gasteiger partial charge on any atom is 0.338 e. The summed E-state index contributed by atoms with van der Waals surface area (Å²) in [5.41, 5.74) is 0.839. The van der Waals surface area contributed by atoms with Gasteiger partial charge in [-0.15, -0.1) is 0 Å². The molecule has 1 unspecified atom stereocenters. The number of likely N-dealkylation sites (tertiary alicyclic amines) is 1. The van der Waals surface area contributed by atoms with Gasteiger partial charge in [-0.25, -0.2) is 4.79 Å². The normalized spacial score (nSPS) is 16.1. The second-order valence-corrected chi connectivity index (χ2v) is 13.5. The number of rotatable bonds is 6. The van der Waals surface area contributed by atoms with Crippen LogP contribution < -0.4 is 0 Å². The Labute approximate surface area is 169 Å². The Balaban J connectivity index is 1.76. The monoisotopic (exact) mass is 413 g/mol. The van der Waals surface area contributed by atoms with Gasteiger partial charge in [0.25, 0.3) is 11.6 Å². The van der Waals surface area contributed by atoms with Gasteiger partial charge < -0.3 is 9.64 Å². The van der Waals surface area contributed by atoms with Crippen molar-refractivity contribution in [2.24, 2.45) is 0 Å². The van der Waals surface area contributed by atoms with E-state index in [0.717, 1.165) is 6.42 Å². The molecule has 1 aliphatic heterocycles. The number of hydrogen-bond acceptors (Lipinski definition) is 6. The van der Waals surface area contributed by atoms with E-state index in [-0.39, 0.29) is 35.0 Å². The van der Waals surface area contributed by atoms with Gasteiger partial charge in [0, 0.05) is 36.2 Å². The molecule has 0 spiro atoms. The third-order valence-corrected chi connectivity index (χ3v) is 7.68. The average molecular weight is 414 g/mol. The van der Waals surface area contributed by atoms with Crippen molar-refractivity contribution < 1.29 is 19.2 Å². The Morgan fingerprint density at radius 2 is 1.90 bits per heavy atom. The molecule has 3 rings (SSSR count). The number of hydrogen-bond donors (Lipinski definition) is 0. The van der Waals surface area contributed by atoms with Crippen molar-refractivity contribution in [3.8, 4) is 0 Å². The van der Waals surface area contributed by atoms with Gasteiger partial charge in [0.2, 0.25) is 0 Å². The highest BCUT2D eigenvalue weighted by atomic mass is 28.3. The number of esters is 1. The molecule has 8 nitrogen and oxygen atoms in total. The molecule has 1 atom stereocenters. The van der Waals surface area contributed by atoms with Crippen LogP contribution in [0.1, 0.15) is 32.7 Å². The van der Waals surface area contributed by atoms with Crippen LogP contribution >= 0.6 is 0 Å². The molecule has 1 amide bonds. The minimum atomic E-state index is -1.53. The maximum absolute atomic E-state index is 12.9. The van der Waals surface area contributed by atoms with Crippen LogP contribution in [0.3, 0.4) is 0 Å². The number of aromatic nitrogens is 1. The van der Waals surface area contributed by atoms with Gasteiger partial charge in [-0.3, -0.25) is 19.9 Å². The number of nitrogens with zero attached hydrogens (tertiary/aromatic N) is 3. The van der Waals surface area contributed by atoms with Crippen molar-refractivity contribution in [2.45, 2.75) is 38.3 Å². The highest BCUT2D eigenvalue weighted by Gasteiger charge is 2.41. The number of carbonyl (C=O) groups excluding carboxylic acids is 2. The van der Waals surface area contributed by atoms with Gasteiger partial charge in [-0.05, 0) is 30.7 Å². The Morgan fingerprint density at radius 1 is 1.21 bits per heavy atom. The van der Waals surface area contributed by atoms with Crippen LogP contribution in [0, 0.1) is 10.1 Å². The molecule has 0 aliphatic carbocycles. The third kappa shape index (κ3) is 4.51. The predicted molar refractivity (Wildman–Crippen MR) is 109 cm³/mol. The smallest absolute Gasteiger partial charge is 0.338 e. The highest BCUT2D eigenvalue weighted by molar-refractivity contribution is 6.78. The van der Waals surface area contributed by atoms with Crippen molar-refractivity contribution in [3.05, 3.63) is 69.5 Å². The lowest BCUT2D eigenvalue weighted by Crippen LogP contribution is -2.61. The fraction of sp³-hybridized carbons (Fsp3) is 0.350. The molecule has 1 aromatic heterocycles. The SMILES string of the molecule is C[Si](C)(C)C1CCN1C(=O)c1ccc(COC(=O)c2ccncc2)c([N+](=O)[O-])c1. The predicted octanol–water partition coefficient (Wildman–Crippen LogP) is 3.44. The quantitative estimate of drug-likeness (QED) is 0.311. The van der Waals surface area contributed by atoms with E-state index < -0.39 is 19.0 Å². The van der Waals surface area contributed by atoms with Crippen LogP contribution in [0.15, 0.2) is 42.7 Å². The Hall–Kier alpha value is -3.07.